The van der Waals surface area contributed by atoms with Gasteiger partial charge in [0.05, 0.1) is 24.4 Å². The molecule has 1 unspecified atom stereocenters. The zero-order valence-electron chi connectivity index (χ0n) is 15.6. The molecule has 0 saturated carbocycles. The molecule has 0 bridgehead atoms. The number of Topliss-reactive ketones (excluding diaryl/α,β-unsaturated/α-hetero) is 1. The summed E-state index contributed by atoms with van der Waals surface area (Å²) < 4.78 is 4.82. The number of carbonyl (C=O) groups is 2. The zero-order chi connectivity index (χ0) is 18.6. The summed E-state index contributed by atoms with van der Waals surface area (Å²) in [7, 11) is 1.34. The molecule has 5 heteroatoms. The second-order valence-corrected chi connectivity index (χ2v) is 6.21. The number of nitrogens with one attached hydrogen (secondary N) is 1. The quantitative estimate of drug-likeness (QED) is 0.618. The van der Waals surface area contributed by atoms with E-state index in [1.807, 2.05) is 32.0 Å². The number of ketones is 1. The fraction of sp³-hybridized carbons (Fsp3) is 0.400. The minimum atomic E-state index is -0.422. The SMILES string of the molecule is CCN(Cc1ccccc1)C(C)C(=O)c1[nH]c(C)c(C(=O)OC)c1C. The molecule has 2 aromatic rings. The first-order valence-corrected chi connectivity index (χ1v) is 8.50. The number of H-pyrrole nitrogens is 1. The van der Waals surface area contributed by atoms with E-state index >= 15 is 0 Å². The highest BCUT2D eigenvalue weighted by molar-refractivity contribution is 6.03. The lowest BCUT2D eigenvalue weighted by Crippen LogP contribution is -2.38. The Morgan fingerprint density at radius 2 is 1.84 bits per heavy atom. The van der Waals surface area contributed by atoms with Crippen LogP contribution in [0.2, 0.25) is 0 Å². The molecule has 0 aliphatic rings. The molecule has 2 rings (SSSR count). The van der Waals surface area contributed by atoms with Crippen LogP contribution in [0.4, 0.5) is 0 Å². The van der Waals surface area contributed by atoms with Crippen molar-refractivity contribution in [1.29, 1.82) is 0 Å². The van der Waals surface area contributed by atoms with Gasteiger partial charge in [-0.15, -0.1) is 0 Å². The summed E-state index contributed by atoms with van der Waals surface area (Å²) in [6.45, 7) is 8.96. The van der Waals surface area contributed by atoms with Crippen molar-refractivity contribution in [1.82, 2.24) is 9.88 Å². The van der Waals surface area contributed by atoms with Gasteiger partial charge in [0.25, 0.3) is 0 Å². The number of likely N-dealkylation sites (N-methyl/N-ethyl adjacent to an activating group) is 1. The monoisotopic (exact) mass is 342 g/mol. The van der Waals surface area contributed by atoms with Gasteiger partial charge in [-0.3, -0.25) is 9.69 Å². The maximum absolute atomic E-state index is 13.0. The topological polar surface area (TPSA) is 62.4 Å². The minimum Gasteiger partial charge on any atom is -0.465 e. The molecule has 1 heterocycles. The summed E-state index contributed by atoms with van der Waals surface area (Å²) in [6.07, 6.45) is 0. The summed E-state index contributed by atoms with van der Waals surface area (Å²) in [6, 6.07) is 9.78. The normalized spacial score (nSPS) is 12.2. The lowest BCUT2D eigenvalue weighted by atomic mass is 10.0. The average Bonchev–Trinajstić information content (AvgIpc) is 2.93. The first kappa shape index (κ1) is 18.9. The Labute approximate surface area is 149 Å². The van der Waals surface area contributed by atoms with Gasteiger partial charge < -0.3 is 9.72 Å². The van der Waals surface area contributed by atoms with Gasteiger partial charge in [0.15, 0.2) is 5.78 Å². The van der Waals surface area contributed by atoms with Crippen LogP contribution in [0, 0.1) is 13.8 Å². The first-order chi connectivity index (χ1) is 11.9. The fourth-order valence-corrected chi connectivity index (χ4v) is 3.12. The predicted molar refractivity (Wildman–Crippen MR) is 97.9 cm³/mol. The molecule has 0 spiro atoms. The molecule has 0 aliphatic carbocycles. The summed E-state index contributed by atoms with van der Waals surface area (Å²) in [5.41, 5.74) is 3.41. The first-order valence-electron chi connectivity index (χ1n) is 8.50. The summed E-state index contributed by atoms with van der Waals surface area (Å²) in [5.74, 6) is -0.442. The van der Waals surface area contributed by atoms with E-state index in [-0.39, 0.29) is 11.8 Å². The molecule has 5 nitrogen and oxygen atoms in total. The average molecular weight is 342 g/mol. The largest absolute Gasteiger partial charge is 0.465 e. The van der Waals surface area contributed by atoms with Crippen LogP contribution in [0.25, 0.3) is 0 Å². The van der Waals surface area contributed by atoms with Crippen LogP contribution in [-0.4, -0.2) is 41.3 Å². The van der Waals surface area contributed by atoms with E-state index in [1.165, 1.54) is 12.7 Å². The van der Waals surface area contributed by atoms with Crippen molar-refractivity contribution < 1.29 is 14.3 Å². The molecular weight excluding hydrogens is 316 g/mol. The number of benzene rings is 1. The molecule has 1 aromatic carbocycles. The van der Waals surface area contributed by atoms with Crippen LogP contribution in [0.1, 0.15) is 51.5 Å². The molecule has 0 saturated heterocycles. The Kier molecular flexibility index (Phi) is 6.15. The van der Waals surface area contributed by atoms with Gasteiger partial charge in [0.1, 0.15) is 0 Å². The van der Waals surface area contributed by atoms with Gasteiger partial charge >= 0.3 is 5.97 Å². The highest BCUT2D eigenvalue weighted by Crippen LogP contribution is 2.22. The fourth-order valence-electron chi connectivity index (χ4n) is 3.12. The van der Waals surface area contributed by atoms with Crippen molar-refractivity contribution in [2.24, 2.45) is 0 Å². The number of aryl methyl sites for hydroxylation is 1. The van der Waals surface area contributed by atoms with Crippen LogP contribution in [-0.2, 0) is 11.3 Å². The number of nitrogens with zero attached hydrogens (tertiary/aromatic N) is 1. The van der Waals surface area contributed by atoms with E-state index < -0.39 is 5.97 Å². The van der Waals surface area contributed by atoms with E-state index in [0.717, 1.165) is 6.54 Å². The summed E-state index contributed by atoms with van der Waals surface area (Å²) >= 11 is 0. The molecule has 1 aromatic heterocycles. The number of ether oxygens (including phenoxy) is 1. The van der Waals surface area contributed by atoms with Crippen LogP contribution in [0.3, 0.4) is 0 Å². The Bertz CT molecular complexity index is 750. The van der Waals surface area contributed by atoms with Crippen molar-refractivity contribution in [3.8, 4) is 0 Å². The van der Waals surface area contributed by atoms with Gasteiger partial charge in [0, 0.05) is 12.2 Å². The van der Waals surface area contributed by atoms with Crippen molar-refractivity contribution in [2.45, 2.75) is 40.3 Å². The van der Waals surface area contributed by atoms with Crippen molar-refractivity contribution in [2.75, 3.05) is 13.7 Å². The Hall–Kier alpha value is -2.40. The van der Waals surface area contributed by atoms with E-state index in [1.54, 1.807) is 13.8 Å². The second kappa shape index (κ2) is 8.12. The molecule has 0 radical (unpaired) electrons. The molecule has 0 amide bonds. The van der Waals surface area contributed by atoms with Gasteiger partial charge in [-0.05, 0) is 38.4 Å². The van der Waals surface area contributed by atoms with E-state index in [2.05, 4.69) is 22.0 Å². The number of hydrogen-bond donors (Lipinski definition) is 1. The highest BCUT2D eigenvalue weighted by atomic mass is 16.5. The minimum absolute atomic E-state index is 0.0199. The van der Waals surface area contributed by atoms with Gasteiger partial charge in [-0.2, -0.15) is 0 Å². The maximum atomic E-state index is 13.0. The van der Waals surface area contributed by atoms with Gasteiger partial charge in [-0.25, -0.2) is 4.79 Å². The van der Waals surface area contributed by atoms with Crippen LogP contribution in [0.15, 0.2) is 30.3 Å². The molecule has 1 N–H and O–H groups in total. The summed E-state index contributed by atoms with van der Waals surface area (Å²) in [5, 5.41) is 0. The van der Waals surface area contributed by atoms with E-state index in [9.17, 15) is 9.59 Å². The molecule has 0 fully saturated rings. The van der Waals surface area contributed by atoms with Crippen LogP contribution in [0.5, 0.6) is 0 Å². The van der Waals surface area contributed by atoms with Crippen molar-refractivity contribution >= 4 is 11.8 Å². The third-order valence-corrected chi connectivity index (χ3v) is 4.64. The number of esters is 1. The number of hydrogen-bond acceptors (Lipinski definition) is 4. The smallest absolute Gasteiger partial charge is 0.339 e. The Morgan fingerprint density at radius 1 is 1.20 bits per heavy atom. The number of methoxy groups -OCH3 is 1. The molecular formula is C20H26N2O3. The predicted octanol–water partition coefficient (Wildman–Crippen LogP) is 3.51. The van der Waals surface area contributed by atoms with Crippen LogP contribution >= 0.6 is 0 Å². The van der Waals surface area contributed by atoms with E-state index in [4.69, 9.17) is 4.74 Å². The van der Waals surface area contributed by atoms with Crippen LogP contribution < -0.4 is 0 Å². The molecule has 1 atom stereocenters. The number of aromatic amines is 1. The number of aromatic nitrogens is 1. The lowest BCUT2D eigenvalue weighted by molar-refractivity contribution is 0.0599. The third-order valence-electron chi connectivity index (χ3n) is 4.64. The Morgan fingerprint density at radius 3 is 2.40 bits per heavy atom. The summed E-state index contributed by atoms with van der Waals surface area (Å²) in [4.78, 5) is 30.1. The maximum Gasteiger partial charge on any atom is 0.339 e. The van der Waals surface area contributed by atoms with Gasteiger partial charge in [0.2, 0.25) is 0 Å². The van der Waals surface area contributed by atoms with E-state index in [0.29, 0.717) is 29.1 Å². The third kappa shape index (κ3) is 3.99. The van der Waals surface area contributed by atoms with Crippen molar-refractivity contribution in [3.63, 3.8) is 0 Å². The number of rotatable bonds is 7. The second-order valence-electron chi connectivity index (χ2n) is 6.21. The number of carbonyl (C=O) groups excluding carboxylic acids is 2. The standard InChI is InChI=1S/C20H26N2O3/c1-6-22(12-16-10-8-7-9-11-16)15(4)19(23)18-13(2)17(14(3)21-18)20(24)25-5/h7-11,15,21H,6,12H2,1-5H3. The Balaban J connectivity index is 2.25. The zero-order valence-corrected chi connectivity index (χ0v) is 15.6. The highest BCUT2D eigenvalue weighted by Gasteiger charge is 2.28. The molecule has 25 heavy (non-hydrogen) atoms. The van der Waals surface area contributed by atoms with Crippen molar-refractivity contribution in [3.05, 3.63) is 58.4 Å². The van der Waals surface area contributed by atoms with Gasteiger partial charge in [-0.1, -0.05) is 37.3 Å². The lowest BCUT2D eigenvalue weighted by Gasteiger charge is -2.26. The molecule has 134 valence electrons. The molecule has 0 aliphatic heterocycles.